The maximum atomic E-state index is 15.6. The van der Waals surface area contributed by atoms with E-state index in [0.29, 0.717) is 56.6 Å². The Balaban J connectivity index is 1.43. The molecular weight excluding hydrogens is 565 g/mol. The number of aromatic nitrogens is 3. The molecule has 1 N–H and O–H groups in total. The molecule has 4 heterocycles. The largest absolute Gasteiger partial charge is 0.416 e. The van der Waals surface area contributed by atoms with Crippen molar-refractivity contribution >= 4 is 34.4 Å². The van der Waals surface area contributed by atoms with E-state index in [0.717, 1.165) is 37.8 Å². The van der Waals surface area contributed by atoms with Gasteiger partial charge in [0.05, 0.1) is 11.3 Å². The molecule has 2 fully saturated rings. The second-order valence-corrected chi connectivity index (χ2v) is 11.3. The second-order valence-electron chi connectivity index (χ2n) is 10.2. The number of aldehydes is 1. The molecule has 2 aliphatic rings. The minimum Gasteiger partial charge on any atom is -0.351 e. The van der Waals surface area contributed by atoms with Crippen LogP contribution in [-0.2, 0) is 17.5 Å². The fourth-order valence-electron chi connectivity index (χ4n) is 5.23. The predicted octanol–water partition coefficient (Wildman–Crippen LogP) is 5.34. The molecule has 5 rings (SSSR count). The smallest absolute Gasteiger partial charge is 0.351 e. The van der Waals surface area contributed by atoms with Gasteiger partial charge in [0, 0.05) is 62.2 Å². The van der Waals surface area contributed by atoms with Crippen molar-refractivity contribution in [2.24, 2.45) is 0 Å². The summed E-state index contributed by atoms with van der Waals surface area (Å²) in [5.74, 6) is -1.68. The van der Waals surface area contributed by atoms with Crippen LogP contribution in [0.3, 0.4) is 0 Å². The zero-order valence-corrected chi connectivity index (χ0v) is 23.2. The molecule has 8 nitrogen and oxygen atoms in total. The molecule has 2 aliphatic heterocycles. The maximum Gasteiger partial charge on any atom is 0.416 e. The highest BCUT2D eigenvalue weighted by atomic mass is 32.1. The standard InChI is InChI=1S/C27H30F5N7OS/c1-17-4-2-6-39(17)15-21-23(18-12-19(27(30,31)32)14-20(28)13-18)35-26(41-21)36-24-22(29)25(34-16-33-24)38-9-7-37(8-10-38)5-3-11-40/h11-14,16-17H,2-10,15H2,1H3,(H,33,34,35,36). The summed E-state index contributed by atoms with van der Waals surface area (Å²) in [6, 6.07) is 2.65. The number of halogens is 5. The Morgan fingerprint density at radius 2 is 1.88 bits per heavy atom. The lowest BCUT2D eigenvalue weighted by Gasteiger charge is -2.35. The fraction of sp³-hybridized carbons (Fsp3) is 0.481. The van der Waals surface area contributed by atoms with Crippen LogP contribution < -0.4 is 10.2 Å². The van der Waals surface area contributed by atoms with Gasteiger partial charge in [-0.25, -0.2) is 19.3 Å². The third-order valence-corrected chi connectivity index (χ3v) is 8.42. The van der Waals surface area contributed by atoms with E-state index in [4.69, 9.17) is 0 Å². The molecule has 0 saturated carbocycles. The van der Waals surface area contributed by atoms with E-state index in [1.54, 1.807) is 4.90 Å². The summed E-state index contributed by atoms with van der Waals surface area (Å²) in [7, 11) is 0. The summed E-state index contributed by atoms with van der Waals surface area (Å²) < 4.78 is 70.3. The van der Waals surface area contributed by atoms with Gasteiger partial charge in [-0.2, -0.15) is 17.6 Å². The number of piperazine rings is 1. The Kier molecular flexibility index (Phi) is 8.80. The number of nitrogens with one attached hydrogen (secondary N) is 1. The molecule has 3 aromatic rings. The highest BCUT2D eigenvalue weighted by molar-refractivity contribution is 7.16. The molecule has 0 amide bonds. The Labute approximate surface area is 238 Å². The molecule has 2 saturated heterocycles. The van der Waals surface area contributed by atoms with Crippen molar-refractivity contribution < 1.29 is 26.7 Å². The molecule has 1 atom stereocenters. The predicted molar refractivity (Wildman–Crippen MR) is 146 cm³/mol. The molecule has 0 bridgehead atoms. The zero-order chi connectivity index (χ0) is 29.1. The van der Waals surface area contributed by atoms with Crippen LogP contribution >= 0.6 is 11.3 Å². The van der Waals surface area contributed by atoms with Gasteiger partial charge in [-0.15, -0.1) is 0 Å². The van der Waals surface area contributed by atoms with Crippen molar-refractivity contribution in [2.75, 3.05) is 49.5 Å². The van der Waals surface area contributed by atoms with Crippen LogP contribution in [0.1, 0.15) is 36.6 Å². The molecule has 220 valence electrons. The van der Waals surface area contributed by atoms with Crippen molar-refractivity contribution in [3.05, 3.63) is 46.6 Å². The van der Waals surface area contributed by atoms with Crippen LogP contribution in [0.25, 0.3) is 11.3 Å². The Morgan fingerprint density at radius 1 is 1.10 bits per heavy atom. The number of carbonyl (C=O) groups is 1. The summed E-state index contributed by atoms with van der Waals surface area (Å²) >= 11 is 1.17. The van der Waals surface area contributed by atoms with Gasteiger partial charge in [-0.1, -0.05) is 11.3 Å². The van der Waals surface area contributed by atoms with E-state index in [9.17, 15) is 22.4 Å². The van der Waals surface area contributed by atoms with Crippen LogP contribution in [0.4, 0.5) is 38.7 Å². The molecule has 1 unspecified atom stereocenters. The number of alkyl halides is 3. The quantitative estimate of drug-likeness (QED) is 0.263. The third kappa shape index (κ3) is 6.81. The van der Waals surface area contributed by atoms with Gasteiger partial charge in [0.2, 0.25) is 5.82 Å². The van der Waals surface area contributed by atoms with Crippen molar-refractivity contribution in [3.8, 4) is 11.3 Å². The highest BCUT2D eigenvalue weighted by Gasteiger charge is 2.32. The summed E-state index contributed by atoms with van der Waals surface area (Å²) in [6.07, 6.45) is -0.172. The number of benzene rings is 1. The van der Waals surface area contributed by atoms with Crippen LogP contribution in [0.5, 0.6) is 0 Å². The third-order valence-electron chi connectivity index (χ3n) is 7.46. The van der Waals surface area contributed by atoms with E-state index in [1.807, 2.05) is 0 Å². The molecule has 1 aromatic carbocycles. The van der Waals surface area contributed by atoms with Gasteiger partial charge in [0.15, 0.2) is 16.8 Å². The van der Waals surface area contributed by atoms with Crippen LogP contribution in [0.15, 0.2) is 24.5 Å². The average molecular weight is 596 g/mol. The molecule has 41 heavy (non-hydrogen) atoms. The first-order valence-corrected chi connectivity index (χ1v) is 14.2. The Bertz CT molecular complexity index is 1380. The zero-order valence-electron chi connectivity index (χ0n) is 22.4. The maximum absolute atomic E-state index is 15.6. The van der Waals surface area contributed by atoms with E-state index in [2.05, 4.69) is 37.0 Å². The first kappa shape index (κ1) is 29.3. The van der Waals surface area contributed by atoms with Gasteiger partial charge >= 0.3 is 6.18 Å². The molecule has 0 radical (unpaired) electrons. The lowest BCUT2D eigenvalue weighted by Crippen LogP contribution is -2.47. The summed E-state index contributed by atoms with van der Waals surface area (Å²) in [6.45, 7) is 6.32. The van der Waals surface area contributed by atoms with Crippen molar-refractivity contribution in [2.45, 2.75) is 44.9 Å². The van der Waals surface area contributed by atoms with Crippen LogP contribution in [0.2, 0.25) is 0 Å². The van der Waals surface area contributed by atoms with Gasteiger partial charge < -0.3 is 15.0 Å². The first-order valence-electron chi connectivity index (χ1n) is 13.4. The first-order chi connectivity index (χ1) is 19.6. The molecule has 14 heteroatoms. The molecular formula is C27H30F5N7OS. The summed E-state index contributed by atoms with van der Waals surface area (Å²) in [4.78, 5) is 30.1. The fourth-order valence-corrected chi connectivity index (χ4v) is 6.24. The van der Waals surface area contributed by atoms with Crippen molar-refractivity contribution in [3.63, 3.8) is 0 Å². The average Bonchev–Trinajstić information content (AvgIpc) is 3.53. The number of rotatable bonds is 9. The number of hydrogen-bond donors (Lipinski definition) is 1. The number of hydrogen-bond acceptors (Lipinski definition) is 9. The number of nitrogens with zero attached hydrogens (tertiary/aromatic N) is 6. The lowest BCUT2D eigenvalue weighted by atomic mass is 10.1. The van der Waals surface area contributed by atoms with E-state index in [-0.39, 0.29) is 34.1 Å². The SMILES string of the molecule is CC1CCCN1Cc1sc(Nc2ncnc(N3CCN(CCC=O)CC3)c2F)nc1-c1cc(F)cc(C(F)(F)F)c1. The van der Waals surface area contributed by atoms with Crippen LogP contribution in [-0.4, -0.2) is 76.3 Å². The number of likely N-dealkylation sites (tertiary alicyclic amines) is 1. The second kappa shape index (κ2) is 12.3. The van der Waals surface area contributed by atoms with Crippen LogP contribution in [0, 0.1) is 11.6 Å². The number of anilines is 3. The van der Waals surface area contributed by atoms with E-state index in [1.165, 1.54) is 17.7 Å². The minimum absolute atomic E-state index is 0.000210. The van der Waals surface area contributed by atoms with Gasteiger partial charge in [-0.3, -0.25) is 9.80 Å². The number of carbonyl (C=O) groups excluding carboxylic acids is 1. The van der Waals surface area contributed by atoms with Gasteiger partial charge in [-0.05, 0) is 44.5 Å². The lowest BCUT2D eigenvalue weighted by molar-refractivity contribution is -0.137. The topological polar surface area (TPSA) is 77.5 Å². The molecule has 0 spiro atoms. The highest BCUT2D eigenvalue weighted by Crippen LogP contribution is 2.38. The van der Waals surface area contributed by atoms with Crippen molar-refractivity contribution in [1.29, 1.82) is 0 Å². The van der Waals surface area contributed by atoms with Crippen molar-refractivity contribution in [1.82, 2.24) is 24.8 Å². The number of thiazole rings is 1. The van der Waals surface area contributed by atoms with E-state index >= 15 is 4.39 Å². The molecule has 0 aliphatic carbocycles. The Morgan fingerprint density at radius 3 is 2.56 bits per heavy atom. The summed E-state index contributed by atoms with van der Waals surface area (Å²) in [5, 5.41) is 3.11. The van der Waals surface area contributed by atoms with E-state index < -0.39 is 23.4 Å². The Hall–Kier alpha value is -3.23. The van der Waals surface area contributed by atoms with Gasteiger partial charge in [0.25, 0.3) is 0 Å². The van der Waals surface area contributed by atoms with Gasteiger partial charge in [0.1, 0.15) is 18.4 Å². The summed E-state index contributed by atoms with van der Waals surface area (Å²) in [5.41, 5.74) is -0.893. The normalized spacial score (nSPS) is 18.7. The minimum atomic E-state index is -4.72. The molecule has 2 aromatic heterocycles. The monoisotopic (exact) mass is 595 g/mol.